The van der Waals surface area contributed by atoms with Gasteiger partial charge in [0.15, 0.2) is 0 Å². The van der Waals surface area contributed by atoms with E-state index < -0.39 is 23.7 Å². The molecule has 1 atom stereocenters. The molecule has 1 saturated heterocycles. The molecular weight excluding hydrogens is 361 g/mol. The number of hydrogen-bond acceptors (Lipinski definition) is 3. The monoisotopic (exact) mass is 384 g/mol. The Morgan fingerprint density at radius 1 is 1.33 bits per heavy atom. The summed E-state index contributed by atoms with van der Waals surface area (Å²) in [7, 11) is 0. The van der Waals surface area contributed by atoms with Crippen LogP contribution in [0.1, 0.15) is 42.9 Å². The lowest BCUT2D eigenvalue weighted by molar-refractivity contribution is -0.137. The fourth-order valence-electron chi connectivity index (χ4n) is 3.12. The minimum absolute atomic E-state index is 0.0498. The molecule has 0 aromatic heterocycles. The number of carbonyl (C=O) groups is 2. The lowest BCUT2D eigenvalue weighted by Gasteiger charge is -2.25. The van der Waals surface area contributed by atoms with Crippen molar-refractivity contribution in [3.8, 4) is 0 Å². The van der Waals surface area contributed by atoms with Crippen molar-refractivity contribution >= 4 is 11.8 Å². The second-order valence-electron chi connectivity index (χ2n) is 7.15. The Kier molecular flexibility index (Phi) is 6.04. The zero-order valence-electron chi connectivity index (χ0n) is 14.9. The maximum atomic E-state index is 13.0. The van der Waals surface area contributed by atoms with E-state index >= 15 is 0 Å². The molecule has 1 N–H and O–H groups in total. The average molecular weight is 384 g/mol. The number of alkyl halides is 3. The van der Waals surface area contributed by atoms with Crippen LogP contribution in [0.3, 0.4) is 0 Å². The first-order chi connectivity index (χ1) is 12.8. The van der Waals surface area contributed by atoms with Crippen molar-refractivity contribution in [1.29, 1.82) is 0 Å². The summed E-state index contributed by atoms with van der Waals surface area (Å²) < 4.78 is 44.5. The van der Waals surface area contributed by atoms with Crippen molar-refractivity contribution in [3.63, 3.8) is 0 Å². The fourth-order valence-corrected chi connectivity index (χ4v) is 3.12. The molecule has 1 aromatic rings. The summed E-state index contributed by atoms with van der Waals surface area (Å²) in [5.74, 6) is 0.0650. The van der Waals surface area contributed by atoms with Crippen LogP contribution in [0.25, 0.3) is 0 Å². The molecule has 1 aliphatic carbocycles. The van der Waals surface area contributed by atoms with Crippen molar-refractivity contribution in [2.45, 2.75) is 37.9 Å². The summed E-state index contributed by atoms with van der Waals surface area (Å²) >= 11 is 0. The van der Waals surface area contributed by atoms with E-state index in [1.807, 2.05) is 0 Å². The van der Waals surface area contributed by atoms with Gasteiger partial charge < -0.3 is 15.0 Å². The third-order valence-corrected chi connectivity index (χ3v) is 4.81. The Morgan fingerprint density at radius 2 is 2.11 bits per heavy atom. The van der Waals surface area contributed by atoms with E-state index in [2.05, 4.69) is 5.32 Å². The Bertz CT molecular complexity index is 689. The van der Waals surface area contributed by atoms with E-state index in [9.17, 15) is 22.8 Å². The summed E-state index contributed by atoms with van der Waals surface area (Å²) in [5.41, 5.74) is -0.461. The smallest absolute Gasteiger partial charge is 0.371 e. The summed E-state index contributed by atoms with van der Waals surface area (Å²) in [6.07, 6.45) is -1.13. The third kappa shape index (κ3) is 5.69. The molecule has 148 valence electrons. The van der Waals surface area contributed by atoms with Crippen molar-refractivity contribution in [2.75, 3.05) is 26.3 Å². The number of nitrogens with one attached hydrogen (secondary N) is 1. The SMILES string of the molecule is O=C(COCC1CC1)NC(CN1CCCC1=O)c1cccc(C(F)(F)F)c1. The number of amides is 2. The van der Waals surface area contributed by atoms with Gasteiger partial charge in [-0.1, -0.05) is 12.1 Å². The molecule has 2 fully saturated rings. The summed E-state index contributed by atoms with van der Waals surface area (Å²) in [5, 5.41) is 2.73. The molecule has 0 radical (unpaired) electrons. The minimum atomic E-state index is -4.47. The van der Waals surface area contributed by atoms with Crippen LogP contribution in [-0.2, 0) is 20.5 Å². The van der Waals surface area contributed by atoms with Gasteiger partial charge in [-0.2, -0.15) is 13.2 Å². The lowest BCUT2D eigenvalue weighted by atomic mass is 10.0. The lowest BCUT2D eigenvalue weighted by Crippen LogP contribution is -2.40. The number of hydrogen-bond donors (Lipinski definition) is 1. The van der Waals surface area contributed by atoms with Crippen LogP contribution in [0.4, 0.5) is 13.2 Å². The number of halogens is 3. The van der Waals surface area contributed by atoms with E-state index in [-0.39, 0.29) is 19.1 Å². The number of likely N-dealkylation sites (tertiary alicyclic amines) is 1. The molecule has 1 unspecified atom stereocenters. The quantitative estimate of drug-likeness (QED) is 0.750. The Morgan fingerprint density at radius 3 is 2.74 bits per heavy atom. The van der Waals surface area contributed by atoms with E-state index in [1.165, 1.54) is 12.1 Å². The number of nitrogens with zero attached hydrogens (tertiary/aromatic N) is 1. The Balaban J connectivity index is 1.70. The van der Waals surface area contributed by atoms with E-state index in [0.29, 0.717) is 37.5 Å². The van der Waals surface area contributed by atoms with E-state index in [1.54, 1.807) is 4.90 Å². The second kappa shape index (κ2) is 8.29. The maximum absolute atomic E-state index is 13.0. The van der Waals surface area contributed by atoms with Gasteiger partial charge >= 0.3 is 6.18 Å². The predicted octanol–water partition coefficient (Wildman–Crippen LogP) is 2.91. The first-order valence-corrected chi connectivity index (χ1v) is 9.15. The minimum Gasteiger partial charge on any atom is -0.371 e. The highest BCUT2D eigenvalue weighted by Crippen LogP contribution is 2.31. The van der Waals surface area contributed by atoms with Gasteiger partial charge in [0, 0.05) is 19.5 Å². The molecule has 1 heterocycles. The molecular formula is C19H23F3N2O3. The van der Waals surface area contributed by atoms with Crippen LogP contribution in [-0.4, -0.2) is 43.0 Å². The van der Waals surface area contributed by atoms with E-state index in [0.717, 1.165) is 25.0 Å². The van der Waals surface area contributed by atoms with Crippen LogP contribution in [0.5, 0.6) is 0 Å². The topological polar surface area (TPSA) is 58.6 Å². The molecule has 8 heteroatoms. The highest BCUT2D eigenvalue weighted by Gasteiger charge is 2.32. The summed E-state index contributed by atoms with van der Waals surface area (Å²) in [4.78, 5) is 25.7. The molecule has 1 aromatic carbocycles. The van der Waals surface area contributed by atoms with Gasteiger partial charge in [0.25, 0.3) is 0 Å². The number of ether oxygens (including phenoxy) is 1. The van der Waals surface area contributed by atoms with Crippen LogP contribution in [0.15, 0.2) is 24.3 Å². The first-order valence-electron chi connectivity index (χ1n) is 9.15. The molecule has 0 bridgehead atoms. The largest absolute Gasteiger partial charge is 0.416 e. The zero-order valence-corrected chi connectivity index (χ0v) is 14.9. The number of rotatable bonds is 8. The van der Waals surface area contributed by atoms with Crippen molar-refractivity contribution < 1.29 is 27.5 Å². The van der Waals surface area contributed by atoms with Crippen LogP contribution in [0, 0.1) is 5.92 Å². The van der Waals surface area contributed by atoms with Crippen LogP contribution in [0.2, 0.25) is 0 Å². The number of carbonyl (C=O) groups excluding carboxylic acids is 2. The van der Waals surface area contributed by atoms with Crippen molar-refractivity contribution in [3.05, 3.63) is 35.4 Å². The van der Waals surface area contributed by atoms with Gasteiger partial charge in [0.05, 0.1) is 18.2 Å². The van der Waals surface area contributed by atoms with Crippen molar-refractivity contribution in [2.24, 2.45) is 5.92 Å². The fraction of sp³-hybridized carbons (Fsp3) is 0.579. The van der Waals surface area contributed by atoms with Crippen LogP contribution < -0.4 is 5.32 Å². The molecule has 2 aliphatic rings. The normalized spacial score (nSPS) is 18.6. The third-order valence-electron chi connectivity index (χ3n) is 4.81. The molecule has 3 rings (SSSR count). The second-order valence-corrected chi connectivity index (χ2v) is 7.15. The first kappa shape index (κ1) is 19.7. The summed E-state index contributed by atoms with van der Waals surface area (Å²) in [6, 6.07) is 4.14. The Labute approximate surface area is 155 Å². The molecule has 0 spiro atoms. The van der Waals surface area contributed by atoms with Gasteiger partial charge in [-0.3, -0.25) is 9.59 Å². The zero-order chi connectivity index (χ0) is 19.4. The standard InChI is InChI=1S/C19H23F3N2O3/c20-19(21,22)15-4-1-3-14(9-15)16(10-24-8-2-5-18(24)26)23-17(25)12-27-11-13-6-7-13/h1,3-4,9,13,16H,2,5-8,10-12H2,(H,23,25). The van der Waals surface area contributed by atoms with Gasteiger partial charge in [-0.05, 0) is 42.9 Å². The highest BCUT2D eigenvalue weighted by atomic mass is 19.4. The highest BCUT2D eigenvalue weighted by molar-refractivity contribution is 5.79. The van der Waals surface area contributed by atoms with Gasteiger partial charge in [-0.25, -0.2) is 0 Å². The molecule has 2 amide bonds. The summed E-state index contributed by atoms with van der Waals surface area (Å²) in [6.45, 7) is 1.07. The molecule has 1 aliphatic heterocycles. The molecule has 27 heavy (non-hydrogen) atoms. The average Bonchev–Trinajstić information content (AvgIpc) is 3.35. The van der Waals surface area contributed by atoms with Crippen LogP contribution >= 0.6 is 0 Å². The van der Waals surface area contributed by atoms with Gasteiger partial charge in [-0.15, -0.1) is 0 Å². The predicted molar refractivity (Wildman–Crippen MR) is 91.7 cm³/mol. The van der Waals surface area contributed by atoms with Gasteiger partial charge in [0.1, 0.15) is 6.61 Å². The van der Waals surface area contributed by atoms with Crippen molar-refractivity contribution in [1.82, 2.24) is 10.2 Å². The Hall–Kier alpha value is -2.09. The maximum Gasteiger partial charge on any atom is 0.416 e. The van der Waals surface area contributed by atoms with E-state index in [4.69, 9.17) is 4.74 Å². The molecule has 1 saturated carbocycles. The van der Waals surface area contributed by atoms with Gasteiger partial charge in [0.2, 0.25) is 11.8 Å². The molecule has 5 nitrogen and oxygen atoms in total. The number of benzene rings is 1.